The third-order valence-corrected chi connectivity index (χ3v) is 9.46. The molecule has 216 valence electrons. The molecule has 2 aliphatic carbocycles. The third-order valence-electron chi connectivity index (χ3n) is 9.46. The van der Waals surface area contributed by atoms with Crippen LogP contribution in [0.15, 0.2) is 24.3 Å². The molecule has 0 unspecified atom stereocenters. The van der Waals surface area contributed by atoms with Gasteiger partial charge in [-0.1, -0.05) is 19.9 Å². The number of fused-ring (bicyclic) bond motifs is 1. The molecule has 0 bridgehead atoms. The Morgan fingerprint density at radius 2 is 1.90 bits per heavy atom. The summed E-state index contributed by atoms with van der Waals surface area (Å²) in [5.74, 6) is -0.930. The fourth-order valence-electron chi connectivity index (χ4n) is 7.28. The predicted molar refractivity (Wildman–Crippen MR) is 143 cm³/mol. The van der Waals surface area contributed by atoms with Gasteiger partial charge >= 0.3 is 12.1 Å². The van der Waals surface area contributed by atoms with E-state index in [0.29, 0.717) is 56.4 Å². The molecule has 1 aliphatic heterocycles. The minimum absolute atomic E-state index is 0.0639. The maximum Gasteiger partial charge on any atom is 0.411 e. The number of hydrogen-bond donors (Lipinski definition) is 4. The van der Waals surface area contributed by atoms with Crippen LogP contribution in [0.5, 0.6) is 0 Å². The van der Waals surface area contributed by atoms with E-state index in [1.807, 2.05) is 6.92 Å². The van der Waals surface area contributed by atoms with Crippen molar-refractivity contribution in [2.24, 2.45) is 22.7 Å². The molecule has 10 heteroatoms. The van der Waals surface area contributed by atoms with E-state index < -0.39 is 41.2 Å². The van der Waals surface area contributed by atoms with Crippen molar-refractivity contribution in [1.29, 1.82) is 0 Å². The summed E-state index contributed by atoms with van der Waals surface area (Å²) in [5.41, 5.74) is -0.507. The second-order valence-electron chi connectivity index (χ2n) is 11.8. The molecule has 1 aromatic rings. The van der Waals surface area contributed by atoms with E-state index in [2.05, 4.69) is 12.2 Å². The summed E-state index contributed by atoms with van der Waals surface area (Å²) in [4.78, 5) is 39.7. The SMILES string of the molecule is CCOC(=O)c1cccc(NC(=O)O[C@@H]2CC[C@]3(C)[C@H](CC[C@@H](O)[C@H]3CC(=O)N3CC[C@@H](O)C3)[C@]2(C)CO)c1. The highest BCUT2D eigenvalue weighted by Crippen LogP contribution is 2.61. The van der Waals surface area contributed by atoms with Gasteiger partial charge in [-0.05, 0) is 74.5 Å². The van der Waals surface area contributed by atoms with Gasteiger partial charge in [-0.2, -0.15) is 0 Å². The summed E-state index contributed by atoms with van der Waals surface area (Å²) < 4.78 is 10.9. The van der Waals surface area contributed by atoms with Crippen molar-refractivity contribution in [2.75, 3.05) is 31.6 Å². The van der Waals surface area contributed by atoms with E-state index in [4.69, 9.17) is 9.47 Å². The molecule has 0 spiro atoms. The van der Waals surface area contributed by atoms with Crippen molar-refractivity contribution < 1.29 is 39.2 Å². The number of esters is 1. The molecule has 2 saturated carbocycles. The maximum absolute atomic E-state index is 13.1. The van der Waals surface area contributed by atoms with Gasteiger partial charge in [0.25, 0.3) is 0 Å². The number of β-amino-alcohol motifs (C(OH)–C–C–N with tert-alkyl or cyclic N) is 1. The third kappa shape index (κ3) is 5.93. The normalized spacial score (nSPS) is 34.2. The van der Waals surface area contributed by atoms with Gasteiger partial charge in [0.05, 0.1) is 31.0 Å². The lowest BCUT2D eigenvalue weighted by atomic mass is 9.46. The van der Waals surface area contributed by atoms with Crippen molar-refractivity contribution in [3.8, 4) is 0 Å². The molecule has 1 heterocycles. The summed E-state index contributed by atoms with van der Waals surface area (Å²) in [5, 5.41) is 34.2. The van der Waals surface area contributed by atoms with E-state index in [1.165, 1.54) is 6.07 Å². The number of rotatable bonds is 7. The Kier molecular flexibility index (Phi) is 8.88. The average molecular weight is 547 g/mol. The molecule has 1 aromatic carbocycles. The number of carbonyl (C=O) groups is 3. The summed E-state index contributed by atoms with van der Waals surface area (Å²) in [6, 6.07) is 6.41. The number of benzene rings is 1. The molecule has 4 N–H and O–H groups in total. The van der Waals surface area contributed by atoms with E-state index in [1.54, 1.807) is 30.0 Å². The fraction of sp³-hybridized carbons (Fsp3) is 0.690. The Morgan fingerprint density at radius 1 is 1.13 bits per heavy atom. The Balaban J connectivity index is 1.46. The van der Waals surface area contributed by atoms with Gasteiger partial charge in [-0.3, -0.25) is 10.1 Å². The summed E-state index contributed by atoms with van der Waals surface area (Å²) in [6.45, 7) is 6.60. The van der Waals surface area contributed by atoms with Crippen LogP contribution in [-0.4, -0.2) is 82.8 Å². The number of carbonyl (C=O) groups excluding carboxylic acids is 3. The van der Waals surface area contributed by atoms with Crippen molar-refractivity contribution in [3.63, 3.8) is 0 Å². The van der Waals surface area contributed by atoms with Crippen LogP contribution in [0.25, 0.3) is 0 Å². The van der Waals surface area contributed by atoms with Gasteiger partial charge < -0.3 is 29.7 Å². The highest BCUT2D eigenvalue weighted by Gasteiger charge is 2.60. The summed E-state index contributed by atoms with van der Waals surface area (Å²) in [6.07, 6.45) is 0.590. The molecular weight excluding hydrogens is 504 g/mol. The highest BCUT2D eigenvalue weighted by atomic mass is 16.6. The lowest BCUT2D eigenvalue weighted by Gasteiger charge is -2.60. The standard InChI is InChI=1S/C29H42N2O8/c1-4-38-26(36)18-6-5-7-19(14-18)30-27(37)39-24-10-12-28(2)21(15-25(35)31-13-11-20(33)16-31)22(34)8-9-23(28)29(24,3)17-32/h5-7,14,20-24,32-34H,4,8-13,15-17H2,1-3H3,(H,30,37)/t20-,21-,22-,23+,24-,28+,29+/m1/s1. The number of aliphatic hydroxyl groups is 3. The average Bonchev–Trinajstić information content (AvgIpc) is 3.34. The highest BCUT2D eigenvalue weighted by molar-refractivity contribution is 5.92. The van der Waals surface area contributed by atoms with E-state index in [9.17, 15) is 29.7 Å². The Bertz CT molecular complexity index is 1070. The largest absolute Gasteiger partial charge is 0.462 e. The summed E-state index contributed by atoms with van der Waals surface area (Å²) in [7, 11) is 0. The predicted octanol–water partition coefficient (Wildman–Crippen LogP) is 2.95. The Hall–Kier alpha value is -2.69. The minimum atomic E-state index is -0.775. The number of anilines is 1. The lowest BCUT2D eigenvalue weighted by molar-refractivity contribution is -0.186. The molecule has 7 atom stereocenters. The van der Waals surface area contributed by atoms with Crippen LogP contribution in [0, 0.1) is 22.7 Å². The van der Waals surface area contributed by atoms with E-state index >= 15 is 0 Å². The molecule has 3 aliphatic rings. The van der Waals surface area contributed by atoms with E-state index in [0.717, 1.165) is 0 Å². The second-order valence-corrected chi connectivity index (χ2v) is 11.8. The smallest absolute Gasteiger partial charge is 0.411 e. The number of nitrogens with zero attached hydrogens (tertiary/aromatic N) is 1. The van der Waals surface area contributed by atoms with Crippen molar-refractivity contribution >= 4 is 23.7 Å². The van der Waals surface area contributed by atoms with Gasteiger partial charge in [0.15, 0.2) is 0 Å². The van der Waals surface area contributed by atoms with Crippen molar-refractivity contribution in [3.05, 3.63) is 29.8 Å². The van der Waals surface area contributed by atoms with Gasteiger partial charge in [0.2, 0.25) is 5.91 Å². The Labute approximate surface area is 229 Å². The monoisotopic (exact) mass is 546 g/mol. The number of likely N-dealkylation sites (tertiary alicyclic amines) is 1. The zero-order chi connectivity index (χ0) is 28.4. The first-order valence-electron chi connectivity index (χ1n) is 14.0. The molecule has 0 aromatic heterocycles. The zero-order valence-corrected chi connectivity index (χ0v) is 23.1. The second kappa shape index (κ2) is 11.8. The van der Waals surface area contributed by atoms with Gasteiger partial charge in [0, 0.05) is 30.6 Å². The van der Waals surface area contributed by atoms with Crippen LogP contribution >= 0.6 is 0 Å². The quantitative estimate of drug-likeness (QED) is 0.382. The van der Waals surface area contributed by atoms with Crippen LogP contribution < -0.4 is 5.32 Å². The van der Waals surface area contributed by atoms with Crippen LogP contribution in [0.4, 0.5) is 10.5 Å². The Morgan fingerprint density at radius 3 is 2.56 bits per heavy atom. The van der Waals surface area contributed by atoms with Crippen LogP contribution in [0.3, 0.4) is 0 Å². The molecule has 10 nitrogen and oxygen atoms in total. The van der Waals surface area contributed by atoms with Gasteiger partial charge in [0.1, 0.15) is 6.10 Å². The van der Waals surface area contributed by atoms with Crippen molar-refractivity contribution in [1.82, 2.24) is 4.90 Å². The molecule has 2 amide bonds. The molecule has 39 heavy (non-hydrogen) atoms. The van der Waals surface area contributed by atoms with Crippen LogP contribution in [0.2, 0.25) is 0 Å². The van der Waals surface area contributed by atoms with E-state index in [-0.39, 0.29) is 37.4 Å². The zero-order valence-electron chi connectivity index (χ0n) is 23.1. The molecule has 1 saturated heterocycles. The fourth-order valence-corrected chi connectivity index (χ4v) is 7.28. The first kappa shape index (κ1) is 29.3. The first-order chi connectivity index (χ1) is 18.5. The van der Waals surface area contributed by atoms with Gasteiger partial charge in [-0.15, -0.1) is 0 Å². The van der Waals surface area contributed by atoms with Gasteiger partial charge in [-0.25, -0.2) is 9.59 Å². The number of nitrogens with one attached hydrogen (secondary N) is 1. The molecule has 3 fully saturated rings. The number of aliphatic hydroxyl groups excluding tert-OH is 3. The number of hydrogen-bond acceptors (Lipinski definition) is 8. The molecule has 0 radical (unpaired) electrons. The lowest BCUT2D eigenvalue weighted by Crippen LogP contribution is -2.61. The topological polar surface area (TPSA) is 146 Å². The first-order valence-corrected chi connectivity index (χ1v) is 14.0. The summed E-state index contributed by atoms with van der Waals surface area (Å²) >= 11 is 0. The maximum atomic E-state index is 13.1. The number of amides is 2. The van der Waals surface area contributed by atoms with Crippen LogP contribution in [-0.2, 0) is 14.3 Å². The van der Waals surface area contributed by atoms with Crippen LogP contribution in [0.1, 0.15) is 69.7 Å². The molecular formula is C29H42N2O8. The minimum Gasteiger partial charge on any atom is -0.462 e. The molecule has 4 rings (SSSR count). The van der Waals surface area contributed by atoms with Crippen molar-refractivity contribution in [2.45, 2.75) is 77.6 Å². The number of ether oxygens (including phenoxy) is 2.